The summed E-state index contributed by atoms with van der Waals surface area (Å²) in [6.45, 7) is 3.22. The largest absolute Gasteiger partial charge is 0.393 e. The highest BCUT2D eigenvalue weighted by Crippen LogP contribution is 2.34. The molecule has 0 spiro atoms. The van der Waals surface area contributed by atoms with Gasteiger partial charge in [0.1, 0.15) is 0 Å². The number of aromatic nitrogens is 2. The fourth-order valence-electron chi connectivity index (χ4n) is 3.87. The maximum Gasteiger partial charge on any atom is 0.0583 e. The van der Waals surface area contributed by atoms with Crippen LogP contribution in [0, 0.1) is 5.92 Å². The monoisotopic (exact) mass is 263 g/mol. The Labute approximate surface area is 115 Å². The molecule has 106 valence electrons. The van der Waals surface area contributed by atoms with Crippen molar-refractivity contribution in [3.63, 3.8) is 0 Å². The number of aliphatic hydroxyl groups excluding tert-OH is 1. The van der Waals surface area contributed by atoms with Crippen molar-refractivity contribution in [3.05, 3.63) is 18.5 Å². The molecule has 0 bridgehead atoms. The maximum absolute atomic E-state index is 10.3. The lowest BCUT2D eigenvalue weighted by Crippen LogP contribution is -2.43. The first-order valence-electron chi connectivity index (χ1n) is 7.74. The highest BCUT2D eigenvalue weighted by Gasteiger charge is 2.36. The van der Waals surface area contributed by atoms with Gasteiger partial charge in [-0.1, -0.05) is 12.8 Å². The number of aliphatic hydroxyl groups is 1. The van der Waals surface area contributed by atoms with Gasteiger partial charge in [-0.2, -0.15) is 5.10 Å². The molecule has 1 aromatic rings. The van der Waals surface area contributed by atoms with Gasteiger partial charge < -0.3 is 5.11 Å². The van der Waals surface area contributed by atoms with Crippen LogP contribution in [0.4, 0.5) is 0 Å². The molecular formula is C15H25N3O. The first kappa shape index (κ1) is 13.1. The molecule has 0 aromatic carbocycles. The molecule has 1 aliphatic carbocycles. The minimum atomic E-state index is -0.0657. The second-order valence-corrected chi connectivity index (χ2v) is 6.03. The smallest absolute Gasteiger partial charge is 0.0583 e. The van der Waals surface area contributed by atoms with E-state index in [1.807, 2.05) is 23.1 Å². The molecule has 3 rings (SSSR count). The summed E-state index contributed by atoms with van der Waals surface area (Å²) in [6.07, 6.45) is 11.1. The van der Waals surface area contributed by atoms with Crippen molar-refractivity contribution in [1.82, 2.24) is 14.7 Å². The molecule has 4 nitrogen and oxygen atoms in total. The first-order valence-corrected chi connectivity index (χ1v) is 7.74. The van der Waals surface area contributed by atoms with Crippen molar-refractivity contribution < 1.29 is 5.11 Å². The van der Waals surface area contributed by atoms with Crippen LogP contribution in [0.1, 0.15) is 38.5 Å². The molecular weight excluding hydrogens is 238 g/mol. The van der Waals surface area contributed by atoms with E-state index in [0.717, 1.165) is 19.5 Å². The van der Waals surface area contributed by atoms with Crippen molar-refractivity contribution in [2.24, 2.45) is 5.92 Å². The van der Waals surface area contributed by atoms with Gasteiger partial charge in [-0.3, -0.25) is 9.58 Å². The van der Waals surface area contributed by atoms with Gasteiger partial charge in [0, 0.05) is 30.9 Å². The van der Waals surface area contributed by atoms with E-state index in [1.165, 1.54) is 38.6 Å². The highest BCUT2D eigenvalue weighted by molar-refractivity contribution is 4.90. The van der Waals surface area contributed by atoms with E-state index in [1.54, 1.807) is 0 Å². The average Bonchev–Trinajstić information content (AvgIpc) is 3.08. The molecule has 2 fully saturated rings. The zero-order chi connectivity index (χ0) is 13.1. The van der Waals surface area contributed by atoms with Crippen molar-refractivity contribution in [2.45, 2.75) is 57.2 Å². The fraction of sp³-hybridized carbons (Fsp3) is 0.800. The maximum atomic E-state index is 10.3. The van der Waals surface area contributed by atoms with E-state index in [0.29, 0.717) is 12.0 Å². The van der Waals surface area contributed by atoms with Gasteiger partial charge in [-0.25, -0.2) is 0 Å². The summed E-state index contributed by atoms with van der Waals surface area (Å²) in [4.78, 5) is 2.58. The van der Waals surface area contributed by atoms with Gasteiger partial charge in [0.2, 0.25) is 0 Å². The van der Waals surface area contributed by atoms with E-state index < -0.39 is 0 Å². The van der Waals surface area contributed by atoms with Crippen LogP contribution in [0.5, 0.6) is 0 Å². The fourth-order valence-corrected chi connectivity index (χ4v) is 3.87. The summed E-state index contributed by atoms with van der Waals surface area (Å²) in [5.41, 5.74) is 0. The Balaban J connectivity index is 1.57. The lowest BCUT2D eigenvalue weighted by atomic mass is 9.80. The van der Waals surface area contributed by atoms with Gasteiger partial charge >= 0.3 is 0 Å². The summed E-state index contributed by atoms with van der Waals surface area (Å²) in [7, 11) is 0. The Bertz CT molecular complexity index is 379. The molecule has 1 saturated carbocycles. The highest BCUT2D eigenvalue weighted by atomic mass is 16.3. The first-order chi connectivity index (χ1) is 9.34. The topological polar surface area (TPSA) is 41.3 Å². The van der Waals surface area contributed by atoms with Crippen LogP contribution in [-0.4, -0.2) is 45.0 Å². The third kappa shape index (κ3) is 3.00. The zero-order valence-electron chi connectivity index (χ0n) is 11.6. The molecule has 3 unspecified atom stereocenters. The average molecular weight is 263 g/mol. The summed E-state index contributed by atoms with van der Waals surface area (Å²) in [5.74, 6) is 0.508. The number of hydrogen-bond acceptors (Lipinski definition) is 3. The third-order valence-electron chi connectivity index (χ3n) is 4.87. The SMILES string of the molecule is OC1CCCCC1C1CCCN1CCn1cccn1. The molecule has 1 aliphatic heterocycles. The van der Waals surface area contributed by atoms with Gasteiger partial charge in [-0.05, 0) is 38.3 Å². The third-order valence-corrected chi connectivity index (χ3v) is 4.87. The normalized spacial score (nSPS) is 32.8. The molecule has 19 heavy (non-hydrogen) atoms. The Morgan fingerprint density at radius 2 is 2.00 bits per heavy atom. The Hall–Kier alpha value is -0.870. The van der Waals surface area contributed by atoms with E-state index in [2.05, 4.69) is 10.00 Å². The lowest BCUT2D eigenvalue weighted by molar-refractivity contribution is 0.0212. The minimum absolute atomic E-state index is 0.0657. The number of hydrogen-bond donors (Lipinski definition) is 1. The predicted octanol–water partition coefficient (Wildman–Crippen LogP) is 1.90. The number of likely N-dealkylation sites (tertiary alicyclic amines) is 1. The van der Waals surface area contributed by atoms with E-state index in [9.17, 15) is 5.11 Å². The van der Waals surface area contributed by atoms with Crippen molar-refractivity contribution in [1.29, 1.82) is 0 Å². The zero-order valence-corrected chi connectivity index (χ0v) is 11.6. The molecule has 3 atom stereocenters. The Morgan fingerprint density at radius 3 is 2.79 bits per heavy atom. The van der Waals surface area contributed by atoms with Crippen LogP contribution in [0.3, 0.4) is 0 Å². The number of nitrogens with zero attached hydrogens (tertiary/aromatic N) is 3. The summed E-state index contributed by atoms with van der Waals surface area (Å²) in [5, 5.41) is 14.5. The molecule has 0 amide bonds. The molecule has 0 radical (unpaired) electrons. The van der Waals surface area contributed by atoms with E-state index in [4.69, 9.17) is 0 Å². The molecule has 2 aliphatic rings. The Kier molecular flexibility index (Phi) is 4.18. The minimum Gasteiger partial charge on any atom is -0.393 e. The molecule has 4 heteroatoms. The van der Waals surface area contributed by atoms with Crippen molar-refractivity contribution >= 4 is 0 Å². The van der Waals surface area contributed by atoms with E-state index >= 15 is 0 Å². The van der Waals surface area contributed by atoms with Gasteiger partial charge in [0.05, 0.1) is 12.6 Å². The number of rotatable bonds is 4. The van der Waals surface area contributed by atoms with Gasteiger partial charge in [-0.15, -0.1) is 0 Å². The summed E-state index contributed by atoms with van der Waals surface area (Å²) in [6, 6.07) is 2.58. The second-order valence-electron chi connectivity index (χ2n) is 6.03. The van der Waals surface area contributed by atoms with Crippen molar-refractivity contribution in [2.75, 3.05) is 13.1 Å². The van der Waals surface area contributed by atoms with Crippen LogP contribution < -0.4 is 0 Å². The van der Waals surface area contributed by atoms with E-state index in [-0.39, 0.29) is 6.10 Å². The summed E-state index contributed by atoms with van der Waals surface area (Å²) >= 11 is 0. The van der Waals surface area contributed by atoms with Gasteiger partial charge in [0.25, 0.3) is 0 Å². The van der Waals surface area contributed by atoms with Crippen LogP contribution in [0.2, 0.25) is 0 Å². The quantitative estimate of drug-likeness (QED) is 0.902. The molecule has 1 saturated heterocycles. The van der Waals surface area contributed by atoms with Crippen molar-refractivity contribution in [3.8, 4) is 0 Å². The standard InChI is InChI=1S/C15H25N3O/c19-15-7-2-1-5-13(15)14-6-3-9-17(14)11-12-18-10-4-8-16-18/h4,8,10,13-15,19H,1-3,5-7,9,11-12H2. The van der Waals surface area contributed by atoms with Crippen LogP contribution in [0.15, 0.2) is 18.5 Å². The van der Waals surface area contributed by atoms with Gasteiger partial charge in [0.15, 0.2) is 0 Å². The van der Waals surface area contributed by atoms with Crippen LogP contribution in [0.25, 0.3) is 0 Å². The predicted molar refractivity (Wildman–Crippen MR) is 74.8 cm³/mol. The van der Waals surface area contributed by atoms with Crippen LogP contribution >= 0.6 is 0 Å². The second kappa shape index (κ2) is 6.06. The molecule has 1 aromatic heterocycles. The lowest BCUT2D eigenvalue weighted by Gasteiger charge is -2.37. The summed E-state index contributed by atoms with van der Waals surface area (Å²) < 4.78 is 2.01. The Morgan fingerprint density at radius 1 is 1.11 bits per heavy atom. The van der Waals surface area contributed by atoms with Crippen LogP contribution in [-0.2, 0) is 6.54 Å². The molecule has 2 heterocycles. The molecule has 1 N–H and O–H groups in total.